The van der Waals surface area contributed by atoms with Crippen LogP contribution < -0.4 is 15.8 Å². The molecule has 2 aromatic rings. The van der Waals surface area contributed by atoms with Crippen LogP contribution >= 0.6 is 0 Å². The van der Waals surface area contributed by atoms with E-state index in [2.05, 4.69) is 27.4 Å². The third-order valence-electron chi connectivity index (χ3n) is 6.45. The predicted molar refractivity (Wildman–Crippen MR) is 114 cm³/mol. The normalized spacial score (nSPS) is 21.1. The van der Waals surface area contributed by atoms with Gasteiger partial charge in [0.2, 0.25) is 5.91 Å². The molecule has 1 saturated heterocycles. The summed E-state index contributed by atoms with van der Waals surface area (Å²) in [5.41, 5.74) is 0.667. The van der Waals surface area contributed by atoms with E-state index >= 15 is 0 Å². The molecule has 0 spiro atoms. The van der Waals surface area contributed by atoms with Crippen LogP contribution in [0.1, 0.15) is 51.0 Å². The highest BCUT2D eigenvalue weighted by Crippen LogP contribution is 2.41. The first-order valence-corrected chi connectivity index (χ1v) is 10.8. The minimum absolute atomic E-state index is 0.0795. The Balaban J connectivity index is 1.49. The van der Waals surface area contributed by atoms with Crippen molar-refractivity contribution >= 4 is 11.7 Å². The van der Waals surface area contributed by atoms with Gasteiger partial charge in [0.15, 0.2) is 0 Å². The van der Waals surface area contributed by atoms with Crippen LogP contribution in [0, 0.1) is 0 Å². The molecule has 6 nitrogen and oxygen atoms in total. The number of nitrogens with zero attached hydrogens (tertiary/aromatic N) is 3. The van der Waals surface area contributed by atoms with Crippen molar-refractivity contribution in [2.24, 2.45) is 0 Å². The van der Waals surface area contributed by atoms with Crippen molar-refractivity contribution in [2.75, 3.05) is 18.0 Å². The summed E-state index contributed by atoms with van der Waals surface area (Å²) >= 11 is 0. The number of hydrogen-bond donors (Lipinski definition) is 1. The molecule has 1 N–H and O–H groups in total. The summed E-state index contributed by atoms with van der Waals surface area (Å²) in [4.78, 5) is 27.5. The Morgan fingerprint density at radius 2 is 1.90 bits per heavy atom. The molecule has 29 heavy (non-hydrogen) atoms. The molecule has 2 aliphatic rings. The molecule has 1 aromatic heterocycles. The molecule has 4 rings (SSSR count). The van der Waals surface area contributed by atoms with Gasteiger partial charge >= 0.3 is 0 Å². The first-order chi connectivity index (χ1) is 14.1. The molecule has 0 bridgehead atoms. The molecule has 0 radical (unpaired) electrons. The maximum atomic E-state index is 13.4. The minimum atomic E-state index is -0.392. The van der Waals surface area contributed by atoms with Gasteiger partial charge in [0, 0.05) is 31.7 Å². The zero-order valence-corrected chi connectivity index (χ0v) is 17.1. The maximum absolute atomic E-state index is 13.4. The van der Waals surface area contributed by atoms with E-state index < -0.39 is 5.41 Å². The van der Waals surface area contributed by atoms with E-state index in [1.807, 2.05) is 25.1 Å². The van der Waals surface area contributed by atoms with Crippen molar-refractivity contribution in [1.29, 1.82) is 0 Å². The second-order valence-electron chi connectivity index (χ2n) is 8.26. The van der Waals surface area contributed by atoms with Gasteiger partial charge in [-0.3, -0.25) is 9.59 Å². The average molecular weight is 395 g/mol. The van der Waals surface area contributed by atoms with Crippen molar-refractivity contribution in [2.45, 2.75) is 63.5 Å². The van der Waals surface area contributed by atoms with Crippen LogP contribution in [0.3, 0.4) is 0 Å². The summed E-state index contributed by atoms with van der Waals surface area (Å²) in [6.07, 6.45) is 6.00. The third kappa shape index (κ3) is 3.93. The summed E-state index contributed by atoms with van der Waals surface area (Å²) in [6, 6.07) is 13.7. The minimum Gasteiger partial charge on any atom is -0.353 e. The summed E-state index contributed by atoms with van der Waals surface area (Å²) in [5, 5.41) is 7.85. The van der Waals surface area contributed by atoms with Gasteiger partial charge in [-0.2, -0.15) is 5.10 Å². The lowest BCUT2D eigenvalue weighted by Gasteiger charge is -2.36. The van der Waals surface area contributed by atoms with Crippen molar-refractivity contribution in [3.05, 3.63) is 58.4 Å². The van der Waals surface area contributed by atoms with E-state index in [1.54, 1.807) is 12.1 Å². The Hall–Kier alpha value is -2.63. The molecule has 1 aromatic carbocycles. The van der Waals surface area contributed by atoms with E-state index in [0.29, 0.717) is 6.54 Å². The lowest BCUT2D eigenvalue weighted by molar-refractivity contribution is -0.127. The van der Waals surface area contributed by atoms with Crippen molar-refractivity contribution in [3.63, 3.8) is 0 Å². The summed E-state index contributed by atoms with van der Waals surface area (Å²) in [7, 11) is 0. The number of rotatable bonds is 5. The highest BCUT2D eigenvalue weighted by molar-refractivity contribution is 5.89. The fourth-order valence-corrected chi connectivity index (χ4v) is 4.84. The van der Waals surface area contributed by atoms with Crippen LogP contribution in [0.2, 0.25) is 0 Å². The molecule has 6 heteroatoms. The average Bonchev–Trinajstić information content (AvgIpc) is 3.26. The van der Waals surface area contributed by atoms with Gasteiger partial charge in [0.1, 0.15) is 5.82 Å². The fraction of sp³-hybridized carbons (Fsp3) is 0.522. The topological polar surface area (TPSA) is 67.2 Å². The second kappa shape index (κ2) is 8.39. The fourth-order valence-electron chi connectivity index (χ4n) is 4.84. The van der Waals surface area contributed by atoms with Crippen LogP contribution in [-0.2, 0) is 16.8 Å². The molecule has 1 aliphatic carbocycles. The van der Waals surface area contributed by atoms with Crippen LogP contribution in [0.15, 0.2) is 47.3 Å². The first-order valence-electron chi connectivity index (χ1n) is 10.8. The zero-order valence-electron chi connectivity index (χ0n) is 17.1. The predicted octanol–water partition coefficient (Wildman–Crippen LogP) is 2.86. The highest BCUT2D eigenvalue weighted by atomic mass is 16.2. The standard InChI is InChI=1S/C23H30N4O2/c1-2-27-21(28)13-12-20(25-27)26-16-8-11-19(17-26)24-22(29)23(14-6-7-15-23)18-9-4-3-5-10-18/h3-5,9-10,12-13,19H,2,6-8,11,14-17H2,1H3,(H,24,29). The number of aromatic nitrogens is 2. The molecule has 1 unspecified atom stereocenters. The van der Waals surface area contributed by atoms with E-state index in [4.69, 9.17) is 0 Å². The zero-order chi connectivity index (χ0) is 20.3. The van der Waals surface area contributed by atoms with Gasteiger partial charge in [-0.1, -0.05) is 43.2 Å². The summed E-state index contributed by atoms with van der Waals surface area (Å²) in [6.45, 7) is 4.10. The number of aryl methyl sites for hydroxylation is 1. The number of carbonyl (C=O) groups is 1. The largest absolute Gasteiger partial charge is 0.353 e. The molecule has 154 valence electrons. The summed E-state index contributed by atoms with van der Waals surface area (Å²) in [5.74, 6) is 0.976. The lowest BCUT2D eigenvalue weighted by atomic mass is 9.77. The molecule has 2 fully saturated rings. The van der Waals surface area contributed by atoms with Gasteiger partial charge < -0.3 is 10.2 Å². The lowest BCUT2D eigenvalue weighted by Crippen LogP contribution is -2.53. The van der Waals surface area contributed by atoms with Crippen LogP contribution in [0.25, 0.3) is 0 Å². The smallest absolute Gasteiger partial charge is 0.266 e. The summed E-state index contributed by atoms with van der Waals surface area (Å²) < 4.78 is 1.49. The number of benzene rings is 1. The van der Waals surface area contributed by atoms with E-state index in [-0.39, 0.29) is 17.5 Å². The number of piperidine rings is 1. The Labute approximate surface area is 171 Å². The second-order valence-corrected chi connectivity index (χ2v) is 8.26. The molecule has 2 heterocycles. The van der Waals surface area contributed by atoms with E-state index in [1.165, 1.54) is 4.68 Å². The Kier molecular flexibility index (Phi) is 5.69. The Bertz CT molecular complexity index is 903. The molecular weight excluding hydrogens is 364 g/mol. The molecule has 1 amide bonds. The van der Waals surface area contributed by atoms with Gasteiger partial charge in [0.25, 0.3) is 5.56 Å². The van der Waals surface area contributed by atoms with E-state index in [9.17, 15) is 9.59 Å². The quantitative estimate of drug-likeness (QED) is 0.847. The van der Waals surface area contributed by atoms with E-state index in [0.717, 1.165) is 63.0 Å². The molecule has 1 aliphatic heterocycles. The van der Waals surface area contributed by atoms with Crippen LogP contribution in [-0.4, -0.2) is 34.8 Å². The first kappa shape index (κ1) is 19.7. The SMILES string of the molecule is CCn1nc(N2CCCC(NC(=O)C3(c4ccccc4)CCCC3)C2)ccc1=O. The van der Waals surface area contributed by atoms with Crippen molar-refractivity contribution in [3.8, 4) is 0 Å². The molecule has 1 atom stereocenters. The maximum Gasteiger partial charge on any atom is 0.266 e. The van der Waals surface area contributed by atoms with Crippen LogP contribution in [0.5, 0.6) is 0 Å². The van der Waals surface area contributed by atoms with Gasteiger partial charge in [-0.05, 0) is 44.2 Å². The van der Waals surface area contributed by atoms with Gasteiger partial charge in [-0.15, -0.1) is 0 Å². The number of hydrogen-bond acceptors (Lipinski definition) is 4. The van der Waals surface area contributed by atoms with Crippen LogP contribution in [0.4, 0.5) is 5.82 Å². The highest BCUT2D eigenvalue weighted by Gasteiger charge is 2.43. The van der Waals surface area contributed by atoms with Gasteiger partial charge in [-0.25, -0.2) is 4.68 Å². The van der Waals surface area contributed by atoms with Crippen molar-refractivity contribution < 1.29 is 4.79 Å². The molecular formula is C23H30N4O2. The van der Waals surface area contributed by atoms with Gasteiger partial charge in [0.05, 0.1) is 5.41 Å². The Morgan fingerprint density at radius 1 is 1.14 bits per heavy atom. The Morgan fingerprint density at radius 3 is 2.62 bits per heavy atom. The number of nitrogens with one attached hydrogen (secondary N) is 1. The monoisotopic (exact) mass is 394 g/mol. The molecule has 1 saturated carbocycles. The number of carbonyl (C=O) groups excluding carboxylic acids is 1. The van der Waals surface area contributed by atoms with Crippen molar-refractivity contribution in [1.82, 2.24) is 15.1 Å². The third-order valence-corrected chi connectivity index (χ3v) is 6.45. The number of amides is 1. The number of anilines is 1.